The molecule has 0 aromatic rings. The van der Waals surface area contributed by atoms with Crippen LogP contribution in [0.25, 0.3) is 0 Å². The lowest BCUT2D eigenvalue weighted by Gasteiger charge is -2.25. The second-order valence-corrected chi connectivity index (χ2v) is 9.73. The third kappa shape index (κ3) is 12.5. The fourth-order valence-electron chi connectivity index (χ4n) is 4.84. The van der Waals surface area contributed by atoms with Gasteiger partial charge in [-0.2, -0.15) is 0 Å². The Hall–Kier alpha value is 0. The third-order valence-corrected chi connectivity index (χ3v) is 4.97. The van der Waals surface area contributed by atoms with Crippen LogP contribution in [0.1, 0.15) is 101 Å². The molecule has 0 N–H and O–H groups in total. The van der Waals surface area contributed by atoms with Gasteiger partial charge < -0.3 is 0 Å². The monoisotopic (exact) mass is 310 g/mol. The van der Waals surface area contributed by atoms with Gasteiger partial charge in [-0.25, -0.2) is 0 Å². The molecule has 0 bridgehead atoms. The lowest BCUT2D eigenvalue weighted by Crippen LogP contribution is -2.13. The fourth-order valence-corrected chi connectivity index (χ4v) is 4.84. The summed E-state index contributed by atoms with van der Waals surface area (Å²) in [5.74, 6) is 6.16. The molecule has 5 atom stereocenters. The van der Waals surface area contributed by atoms with Crippen molar-refractivity contribution in [2.24, 2.45) is 41.4 Å². The van der Waals surface area contributed by atoms with E-state index in [9.17, 15) is 0 Å². The van der Waals surface area contributed by atoms with Gasteiger partial charge in [-0.15, -0.1) is 0 Å². The Labute approximate surface area is 142 Å². The van der Waals surface area contributed by atoms with Crippen LogP contribution in [0.2, 0.25) is 0 Å². The lowest BCUT2D eigenvalue weighted by molar-refractivity contribution is 0.268. The molecule has 0 heterocycles. The minimum absolute atomic E-state index is 0.849. The zero-order valence-electron chi connectivity index (χ0n) is 17.3. The Balaban J connectivity index is 3.98. The van der Waals surface area contributed by atoms with Crippen molar-refractivity contribution in [3.8, 4) is 0 Å². The molecule has 134 valence electrons. The van der Waals surface area contributed by atoms with E-state index < -0.39 is 0 Å². The van der Waals surface area contributed by atoms with Crippen molar-refractivity contribution < 1.29 is 0 Å². The highest BCUT2D eigenvalue weighted by Gasteiger charge is 2.17. The Morgan fingerprint density at radius 2 is 0.500 bits per heavy atom. The first-order valence-corrected chi connectivity index (χ1v) is 10.1. The molecule has 0 fully saturated rings. The third-order valence-electron chi connectivity index (χ3n) is 4.97. The van der Waals surface area contributed by atoms with Crippen molar-refractivity contribution in [1.82, 2.24) is 0 Å². The summed E-state index contributed by atoms with van der Waals surface area (Å²) in [5, 5.41) is 0. The summed E-state index contributed by atoms with van der Waals surface area (Å²) in [4.78, 5) is 0. The van der Waals surface area contributed by atoms with Crippen LogP contribution in [0.5, 0.6) is 0 Å². The summed E-state index contributed by atoms with van der Waals surface area (Å²) in [6, 6.07) is 0. The average molecular weight is 311 g/mol. The molecule has 0 aliphatic carbocycles. The Bertz CT molecular complexity index is 227. The van der Waals surface area contributed by atoms with Crippen LogP contribution in [0, 0.1) is 41.4 Å². The molecule has 1 unspecified atom stereocenters. The van der Waals surface area contributed by atoms with Crippen LogP contribution in [0.15, 0.2) is 0 Å². The molecule has 0 rings (SSSR count). The molecule has 22 heavy (non-hydrogen) atoms. The normalized spacial score (nSPS) is 19.2. The Kier molecular flexibility index (Phi) is 11.5. The minimum Gasteiger partial charge on any atom is -0.0628 e. The number of hydrogen-bond donors (Lipinski definition) is 0. The molecule has 0 amide bonds. The molecule has 0 saturated heterocycles. The second-order valence-electron chi connectivity index (χ2n) is 9.73. The van der Waals surface area contributed by atoms with E-state index in [1.165, 1.54) is 38.5 Å². The summed E-state index contributed by atoms with van der Waals surface area (Å²) in [7, 11) is 0. The van der Waals surface area contributed by atoms with E-state index in [4.69, 9.17) is 0 Å². The zero-order valence-corrected chi connectivity index (χ0v) is 17.3. The van der Waals surface area contributed by atoms with E-state index in [0.29, 0.717) is 0 Å². The predicted octanol–water partition coefficient (Wildman–Crippen LogP) is 7.82. The molecular weight excluding hydrogens is 264 g/mol. The Morgan fingerprint density at radius 1 is 0.318 bits per heavy atom. The first kappa shape index (κ1) is 22.0. The van der Waals surface area contributed by atoms with Crippen LogP contribution in [0.3, 0.4) is 0 Å². The quantitative estimate of drug-likeness (QED) is 0.344. The van der Waals surface area contributed by atoms with Gasteiger partial charge in [0.1, 0.15) is 0 Å². The smallest absolute Gasteiger partial charge is 0.0438 e. The number of rotatable bonds is 12. The van der Waals surface area contributed by atoms with Gasteiger partial charge in [0.25, 0.3) is 0 Å². The summed E-state index contributed by atoms with van der Waals surface area (Å²) in [5.41, 5.74) is 0. The van der Waals surface area contributed by atoms with E-state index in [0.717, 1.165) is 41.4 Å². The van der Waals surface area contributed by atoms with Crippen LogP contribution < -0.4 is 0 Å². The second kappa shape index (κ2) is 11.5. The fraction of sp³-hybridized carbons (Fsp3) is 1.00. The molecule has 0 heteroatoms. The molecule has 0 nitrogen and oxygen atoms in total. The Morgan fingerprint density at radius 3 is 0.682 bits per heavy atom. The van der Waals surface area contributed by atoms with Gasteiger partial charge in [0.2, 0.25) is 0 Å². The molecule has 0 aromatic heterocycles. The maximum absolute atomic E-state index is 2.48. The molecule has 0 radical (unpaired) electrons. The van der Waals surface area contributed by atoms with Gasteiger partial charge in [-0.3, -0.25) is 0 Å². The van der Waals surface area contributed by atoms with E-state index in [-0.39, 0.29) is 0 Å². The largest absolute Gasteiger partial charge is 0.0628 e. The summed E-state index contributed by atoms with van der Waals surface area (Å²) in [6.07, 6.45) is 8.46. The van der Waals surface area contributed by atoms with E-state index in [2.05, 4.69) is 62.3 Å². The zero-order chi connectivity index (χ0) is 17.3. The standard InChI is InChI=1S/C22H46/c1-16(2)10-18(5)12-20(7)14-22(9)15-21(8)13-19(6)11-17(3)4/h16-22H,10-15H2,1-9H3/t18-,19+,20-,21+,22?. The van der Waals surface area contributed by atoms with Crippen molar-refractivity contribution in [1.29, 1.82) is 0 Å². The average Bonchev–Trinajstić information content (AvgIpc) is 2.23. The first-order chi connectivity index (χ1) is 10.1. The van der Waals surface area contributed by atoms with Crippen LogP contribution in [0.4, 0.5) is 0 Å². The van der Waals surface area contributed by atoms with Crippen LogP contribution in [-0.2, 0) is 0 Å². The van der Waals surface area contributed by atoms with Crippen molar-refractivity contribution in [2.45, 2.75) is 101 Å². The van der Waals surface area contributed by atoms with Crippen LogP contribution in [-0.4, -0.2) is 0 Å². The van der Waals surface area contributed by atoms with E-state index in [1.807, 2.05) is 0 Å². The highest BCUT2D eigenvalue weighted by atomic mass is 14.2. The first-order valence-electron chi connectivity index (χ1n) is 10.1. The summed E-state index contributed by atoms with van der Waals surface area (Å²) >= 11 is 0. The van der Waals surface area contributed by atoms with Crippen molar-refractivity contribution >= 4 is 0 Å². The van der Waals surface area contributed by atoms with Gasteiger partial charge >= 0.3 is 0 Å². The predicted molar refractivity (Wildman–Crippen MR) is 103 cm³/mol. The van der Waals surface area contributed by atoms with Crippen LogP contribution >= 0.6 is 0 Å². The van der Waals surface area contributed by atoms with Gasteiger partial charge in [-0.1, -0.05) is 62.3 Å². The van der Waals surface area contributed by atoms with E-state index >= 15 is 0 Å². The summed E-state index contributed by atoms with van der Waals surface area (Å²) < 4.78 is 0. The van der Waals surface area contributed by atoms with E-state index in [1.54, 1.807) is 0 Å². The SMILES string of the molecule is CC(C)C[C@@H](C)C[C@@H](C)CC(C)C[C@@H](C)C[C@@H](C)CC(C)C. The van der Waals surface area contributed by atoms with Crippen molar-refractivity contribution in [2.75, 3.05) is 0 Å². The molecule has 0 aliphatic heterocycles. The molecule has 0 aromatic carbocycles. The maximum atomic E-state index is 2.48. The highest BCUT2D eigenvalue weighted by molar-refractivity contribution is 4.68. The van der Waals surface area contributed by atoms with Gasteiger partial charge in [0, 0.05) is 0 Å². The van der Waals surface area contributed by atoms with Gasteiger partial charge in [-0.05, 0) is 80.0 Å². The maximum Gasteiger partial charge on any atom is -0.0438 e. The lowest BCUT2D eigenvalue weighted by atomic mass is 9.81. The van der Waals surface area contributed by atoms with Gasteiger partial charge in [0.15, 0.2) is 0 Å². The topological polar surface area (TPSA) is 0 Å². The van der Waals surface area contributed by atoms with Crippen molar-refractivity contribution in [3.05, 3.63) is 0 Å². The molecule has 0 spiro atoms. The van der Waals surface area contributed by atoms with Gasteiger partial charge in [0.05, 0.1) is 0 Å². The molecular formula is C22H46. The summed E-state index contributed by atoms with van der Waals surface area (Å²) in [6.45, 7) is 21.7. The molecule has 0 aliphatic rings. The highest BCUT2D eigenvalue weighted by Crippen LogP contribution is 2.29. The minimum atomic E-state index is 0.849. The molecule has 0 saturated carbocycles. The van der Waals surface area contributed by atoms with Crippen molar-refractivity contribution in [3.63, 3.8) is 0 Å². The number of hydrogen-bond acceptors (Lipinski definition) is 0.